The second kappa shape index (κ2) is 12.7. The summed E-state index contributed by atoms with van der Waals surface area (Å²) >= 11 is 1.66. The van der Waals surface area contributed by atoms with Crippen molar-refractivity contribution in [2.24, 2.45) is 5.18 Å². The van der Waals surface area contributed by atoms with Gasteiger partial charge in [-0.25, -0.2) is 9.97 Å². The van der Waals surface area contributed by atoms with Gasteiger partial charge in [-0.3, -0.25) is 4.79 Å². The minimum atomic E-state index is 0.0789. The number of benzene rings is 1. The highest BCUT2D eigenvalue weighted by Crippen LogP contribution is 2.39. The van der Waals surface area contributed by atoms with E-state index in [1.165, 1.54) is 19.3 Å². The molecule has 1 aromatic carbocycles. The van der Waals surface area contributed by atoms with Crippen molar-refractivity contribution in [1.82, 2.24) is 19.4 Å². The van der Waals surface area contributed by atoms with Crippen molar-refractivity contribution in [3.63, 3.8) is 0 Å². The van der Waals surface area contributed by atoms with E-state index in [1.807, 2.05) is 24.8 Å². The molecular weight excluding hydrogens is 558 g/mol. The summed E-state index contributed by atoms with van der Waals surface area (Å²) < 4.78 is 7.87. The zero-order valence-corrected chi connectivity index (χ0v) is 25.7. The fourth-order valence-electron chi connectivity index (χ4n) is 6.35. The lowest BCUT2D eigenvalue weighted by Gasteiger charge is -2.28. The van der Waals surface area contributed by atoms with Gasteiger partial charge in [-0.1, -0.05) is 44.1 Å². The Hall–Kier alpha value is -3.95. The standard InChI is InChI=1S/C34H37N5O3S/c1-22(37-41)9-10-27-21-39(28-7-5-4-6-8-28)33(29(27)20-32(40)38-15-17-42-18-16-38)26-12-13-30-25(19-26)11-14-31(36-30)34-23(2)35-24(3)43-34/h9-14,19,21,28H,1,4-8,15-18,20H2,2-3H3/b10-9+. The van der Waals surface area contributed by atoms with Crippen molar-refractivity contribution in [3.8, 4) is 21.8 Å². The second-order valence-corrected chi connectivity index (χ2v) is 12.7. The minimum Gasteiger partial charge on any atom is -0.378 e. The first-order valence-corrected chi connectivity index (χ1v) is 15.9. The summed E-state index contributed by atoms with van der Waals surface area (Å²) in [6.45, 7) is 10.1. The molecule has 1 aliphatic carbocycles. The summed E-state index contributed by atoms with van der Waals surface area (Å²) in [5.41, 5.74) is 6.97. The van der Waals surface area contributed by atoms with Crippen LogP contribution in [0.3, 0.4) is 0 Å². The largest absolute Gasteiger partial charge is 0.378 e. The van der Waals surface area contributed by atoms with Crippen LogP contribution in [0.25, 0.3) is 38.8 Å². The van der Waals surface area contributed by atoms with Gasteiger partial charge in [0.15, 0.2) is 0 Å². The Bertz CT molecular complexity index is 1710. The number of pyridine rings is 1. The van der Waals surface area contributed by atoms with Gasteiger partial charge in [0.2, 0.25) is 5.91 Å². The molecule has 1 saturated heterocycles. The minimum absolute atomic E-state index is 0.0789. The first-order chi connectivity index (χ1) is 20.9. The second-order valence-electron chi connectivity index (χ2n) is 11.4. The number of rotatable bonds is 8. The monoisotopic (exact) mass is 595 g/mol. The van der Waals surface area contributed by atoms with Crippen molar-refractivity contribution < 1.29 is 9.53 Å². The molecule has 0 radical (unpaired) electrons. The Labute approximate surface area is 256 Å². The molecule has 222 valence electrons. The van der Waals surface area contributed by atoms with Crippen LogP contribution < -0.4 is 0 Å². The Morgan fingerprint density at radius 3 is 2.63 bits per heavy atom. The molecule has 4 aromatic rings. The van der Waals surface area contributed by atoms with E-state index < -0.39 is 0 Å². The summed E-state index contributed by atoms with van der Waals surface area (Å²) in [6.07, 6.45) is 11.7. The summed E-state index contributed by atoms with van der Waals surface area (Å²) in [4.78, 5) is 37.3. The average molecular weight is 596 g/mol. The lowest BCUT2D eigenvalue weighted by atomic mass is 9.94. The van der Waals surface area contributed by atoms with E-state index in [1.54, 1.807) is 17.4 Å². The van der Waals surface area contributed by atoms with E-state index in [-0.39, 0.29) is 18.0 Å². The number of thiazole rings is 1. The van der Waals surface area contributed by atoms with Gasteiger partial charge in [-0.05, 0) is 72.8 Å². The molecule has 0 unspecified atom stereocenters. The SMILES string of the molecule is C=C(/C=C/c1cn(C2CCCCC2)c(-c2ccc3nc(-c4sc(C)nc4C)ccc3c2)c1CC(=O)N1CCOCC1)N=O. The summed E-state index contributed by atoms with van der Waals surface area (Å²) in [5, 5.41) is 5.05. The van der Waals surface area contributed by atoms with E-state index in [9.17, 15) is 9.70 Å². The van der Waals surface area contributed by atoms with Crippen LogP contribution >= 0.6 is 11.3 Å². The Morgan fingerprint density at radius 1 is 1.12 bits per heavy atom. The van der Waals surface area contributed by atoms with Gasteiger partial charge in [0.05, 0.1) is 52.1 Å². The fourth-order valence-corrected chi connectivity index (χ4v) is 7.23. The summed E-state index contributed by atoms with van der Waals surface area (Å²) in [6, 6.07) is 10.9. The third kappa shape index (κ3) is 6.24. The Morgan fingerprint density at radius 2 is 1.91 bits per heavy atom. The molecule has 9 heteroatoms. The van der Waals surface area contributed by atoms with E-state index in [2.05, 4.69) is 57.8 Å². The number of ether oxygens (including phenoxy) is 1. The number of nitrogens with zero attached hydrogens (tertiary/aromatic N) is 5. The van der Waals surface area contributed by atoms with Crippen LogP contribution in [0.5, 0.6) is 0 Å². The highest BCUT2D eigenvalue weighted by atomic mass is 32.1. The zero-order valence-electron chi connectivity index (χ0n) is 24.8. The Balaban J connectivity index is 1.47. The number of carbonyl (C=O) groups is 1. The Kier molecular flexibility index (Phi) is 8.63. The van der Waals surface area contributed by atoms with E-state index in [0.717, 1.165) is 67.4 Å². The number of aryl methyl sites for hydroxylation is 2. The number of carbonyl (C=O) groups excluding carboxylic acids is 1. The molecule has 43 heavy (non-hydrogen) atoms. The van der Waals surface area contributed by atoms with E-state index in [4.69, 9.17) is 9.72 Å². The predicted octanol–water partition coefficient (Wildman–Crippen LogP) is 7.64. The molecule has 3 aromatic heterocycles. The maximum Gasteiger partial charge on any atom is 0.227 e. The number of allylic oxidation sites excluding steroid dienone is 1. The molecule has 0 N–H and O–H groups in total. The van der Waals surface area contributed by atoms with Crippen molar-refractivity contribution in [2.45, 2.75) is 58.4 Å². The number of aromatic nitrogens is 3. The van der Waals surface area contributed by atoms with Gasteiger partial charge in [0, 0.05) is 30.7 Å². The lowest BCUT2D eigenvalue weighted by Crippen LogP contribution is -2.41. The van der Waals surface area contributed by atoms with Gasteiger partial charge in [-0.2, -0.15) is 0 Å². The summed E-state index contributed by atoms with van der Waals surface area (Å²) in [7, 11) is 0. The van der Waals surface area contributed by atoms with Crippen LogP contribution in [0, 0.1) is 18.8 Å². The molecule has 2 aliphatic rings. The van der Waals surface area contributed by atoms with E-state index in [0.29, 0.717) is 32.3 Å². The fraction of sp³-hybridized carbons (Fsp3) is 0.382. The van der Waals surface area contributed by atoms with Crippen LogP contribution in [-0.2, 0) is 16.0 Å². The van der Waals surface area contributed by atoms with Gasteiger partial charge in [0.25, 0.3) is 0 Å². The number of hydrogen-bond donors (Lipinski definition) is 0. The van der Waals surface area contributed by atoms with Crippen molar-refractivity contribution in [2.75, 3.05) is 26.3 Å². The number of fused-ring (bicyclic) bond motifs is 1. The van der Waals surface area contributed by atoms with Crippen LogP contribution in [-0.4, -0.2) is 51.6 Å². The van der Waals surface area contributed by atoms with Gasteiger partial charge in [0.1, 0.15) is 5.70 Å². The topological polar surface area (TPSA) is 89.7 Å². The molecule has 1 saturated carbocycles. The van der Waals surface area contributed by atoms with Gasteiger partial charge >= 0.3 is 0 Å². The number of hydrogen-bond acceptors (Lipinski definition) is 7. The average Bonchev–Trinajstić information content (AvgIpc) is 3.58. The normalized spacial score (nSPS) is 16.3. The van der Waals surface area contributed by atoms with Crippen LogP contribution in [0.1, 0.15) is 60.0 Å². The van der Waals surface area contributed by atoms with Crippen molar-refractivity contribution in [1.29, 1.82) is 0 Å². The number of nitroso groups, excluding NO2 is 1. The molecule has 1 amide bonds. The molecule has 0 spiro atoms. The van der Waals surface area contributed by atoms with E-state index >= 15 is 0 Å². The molecule has 0 bridgehead atoms. The molecular formula is C34H37N5O3S. The number of amides is 1. The highest BCUT2D eigenvalue weighted by Gasteiger charge is 2.27. The lowest BCUT2D eigenvalue weighted by molar-refractivity contribution is -0.134. The third-order valence-electron chi connectivity index (χ3n) is 8.50. The van der Waals surface area contributed by atoms with Crippen LogP contribution in [0.4, 0.5) is 0 Å². The highest BCUT2D eigenvalue weighted by molar-refractivity contribution is 7.15. The zero-order chi connectivity index (χ0) is 29.9. The third-order valence-corrected chi connectivity index (χ3v) is 9.60. The van der Waals surface area contributed by atoms with Gasteiger partial charge < -0.3 is 14.2 Å². The summed E-state index contributed by atoms with van der Waals surface area (Å²) in [5.74, 6) is 0.0789. The van der Waals surface area contributed by atoms with Crippen molar-refractivity contribution >= 4 is 34.2 Å². The first kappa shape index (κ1) is 29.1. The molecule has 0 atom stereocenters. The maximum atomic E-state index is 13.6. The smallest absolute Gasteiger partial charge is 0.227 e. The van der Waals surface area contributed by atoms with Crippen molar-refractivity contribution in [3.05, 3.63) is 81.6 Å². The first-order valence-electron chi connectivity index (χ1n) is 15.1. The molecule has 6 rings (SSSR count). The maximum absolute atomic E-state index is 13.6. The van der Waals surface area contributed by atoms with Crippen LogP contribution in [0.15, 0.2) is 60.1 Å². The molecule has 1 aliphatic heterocycles. The van der Waals surface area contributed by atoms with Crippen LogP contribution in [0.2, 0.25) is 0 Å². The molecule has 8 nitrogen and oxygen atoms in total. The molecule has 4 heterocycles. The van der Waals surface area contributed by atoms with Gasteiger partial charge in [-0.15, -0.1) is 16.2 Å². The predicted molar refractivity (Wildman–Crippen MR) is 173 cm³/mol. The quantitative estimate of drug-likeness (QED) is 0.154. The number of morpholine rings is 1. The molecule has 2 fully saturated rings.